The third kappa shape index (κ3) is 5.00. The van der Waals surface area contributed by atoms with E-state index in [1.807, 2.05) is 12.1 Å². The van der Waals surface area contributed by atoms with Gasteiger partial charge in [0.15, 0.2) is 0 Å². The Kier molecular flexibility index (Phi) is 6.68. The Morgan fingerprint density at radius 2 is 1.62 bits per heavy atom. The lowest BCUT2D eigenvalue weighted by molar-refractivity contribution is 0.304. The summed E-state index contributed by atoms with van der Waals surface area (Å²) < 4.78 is 27.0. The van der Waals surface area contributed by atoms with E-state index in [4.69, 9.17) is 0 Å². The molecule has 0 bridgehead atoms. The van der Waals surface area contributed by atoms with Crippen molar-refractivity contribution in [2.75, 3.05) is 18.4 Å². The highest BCUT2D eigenvalue weighted by Crippen LogP contribution is 2.24. The minimum atomic E-state index is -3.44. The number of anilines is 1. The average Bonchev–Trinajstić information content (AvgIpc) is 2.38. The Morgan fingerprint density at radius 3 is 2.14 bits per heavy atom. The van der Waals surface area contributed by atoms with Gasteiger partial charge in [-0.25, -0.2) is 13.1 Å². The summed E-state index contributed by atoms with van der Waals surface area (Å²) in [5.41, 5.74) is 0.671. The van der Waals surface area contributed by atoms with Crippen LogP contribution in [0.2, 0.25) is 0 Å². The second-order valence-electron chi connectivity index (χ2n) is 6.03. The maximum Gasteiger partial charge on any atom is 0.242 e. The van der Waals surface area contributed by atoms with Gasteiger partial charge in [-0.15, -0.1) is 0 Å². The normalized spacial score (nSPS) is 12.4. The Bertz CT molecular complexity index is 531. The van der Waals surface area contributed by atoms with Gasteiger partial charge in [-0.05, 0) is 29.9 Å². The van der Waals surface area contributed by atoms with Crippen LogP contribution >= 0.6 is 0 Å². The number of sulfonamides is 1. The summed E-state index contributed by atoms with van der Waals surface area (Å²) in [6, 6.07) is 7.06. The van der Waals surface area contributed by atoms with Crippen LogP contribution in [0.15, 0.2) is 29.2 Å². The summed E-state index contributed by atoms with van der Waals surface area (Å²) >= 11 is 0. The molecule has 0 radical (unpaired) electrons. The van der Waals surface area contributed by atoms with Crippen molar-refractivity contribution in [3.05, 3.63) is 24.3 Å². The van der Waals surface area contributed by atoms with Gasteiger partial charge in [-0.1, -0.05) is 46.8 Å². The number of nitrogens with one attached hydrogen (secondary N) is 2. The minimum absolute atomic E-state index is 0.318. The average molecular weight is 312 g/mol. The first-order valence-corrected chi connectivity index (χ1v) is 9.10. The molecular weight excluding hydrogens is 284 g/mol. The Morgan fingerprint density at radius 1 is 1.05 bits per heavy atom. The molecule has 0 amide bonds. The smallest absolute Gasteiger partial charge is 0.242 e. The maximum absolute atomic E-state index is 12.2. The Hall–Kier alpha value is -1.07. The van der Waals surface area contributed by atoms with E-state index in [2.05, 4.69) is 37.7 Å². The second-order valence-corrected chi connectivity index (χ2v) is 7.77. The zero-order chi connectivity index (χ0) is 16.0. The van der Waals surface area contributed by atoms with Crippen LogP contribution in [0.5, 0.6) is 0 Å². The van der Waals surface area contributed by atoms with E-state index in [1.165, 1.54) is 0 Å². The maximum atomic E-state index is 12.2. The molecule has 0 aliphatic heterocycles. The molecule has 0 unspecified atom stereocenters. The van der Waals surface area contributed by atoms with E-state index in [9.17, 15) is 8.42 Å². The van der Waals surface area contributed by atoms with Crippen LogP contribution in [0, 0.1) is 17.8 Å². The fraction of sp³-hybridized carbons (Fsp3) is 0.625. The topological polar surface area (TPSA) is 58.2 Å². The lowest BCUT2D eigenvalue weighted by Gasteiger charge is -2.26. The van der Waals surface area contributed by atoms with Crippen molar-refractivity contribution in [2.45, 2.75) is 39.5 Å². The van der Waals surface area contributed by atoms with Crippen molar-refractivity contribution in [3.63, 3.8) is 0 Å². The summed E-state index contributed by atoms with van der Waals surface area (Å²) in [4.78, 5) is 0.318. The zero-order valence-corrected chi connectivity index (χ0v) is 14.5. The number of hydrogen-bond donors (Lipinski definition) is 2. The molecule has 0 spiro atoms. The highest BCUT2D eigenvalue weighted by molar-refractivity contribution is 7.89. The van der Waals surface area contributed by atoms with Crippen molar-refractivity contribution in [1.29, 1.82) is 0 Å². The highest BCUT2D eigenvalue weighted by atomic mass is 32.2. The molecule has 0 saturated carbocycles. The molecule has 1 aromatic rings. The molecule has 4 nitrogen and oxygen atoms in total. The molecule has 0 aromatic heterocycles. The predicted molar refractivity (Wildman–Crippen MR) is 89.0 cm³/mol. The molecule has 0 heterocycles. The molecule has 2 N–H and O–H groups in total. The van der Waals surface area contributed by atoms with Crippen molar-refractivity contribution in [2.24, 2.45) is 17.8 Å². The standard InChI is InChI=1S/C16H28N2O2S/c1-6-18-21(19,20)16-10-8-7-9-15(16)17-11-14(12(2)3)13(4)5/h7-10,12-14,17-18H,6,11H2,1-5H3. The van der Waals surface area contributed by atoms with E-state index in [-0.39, 0.29) is 0 Å². The lowest BCUT2D eigenvalue weighted by Crippen LogP contribution is -2.27. The summed E-state index contributed by atoms with van der Waals surface area (Å²) in [5, 5.41) is 3.32. The van der Waals surface area contributed by atoms with Gasteiger partial charge in [0.1, 0.15) is 4.90 Å². The number of para-hydroxylation sites is 1. The third-order valence-electron chi connectivity index (χ3n) is 3.75. The van der Waals surface area contributed by atoms with Crippen LogP contribution in [0.3, 0.4) is 0 Å². The fourth-order valence-electron chi connectivity index (χ4n) is 2.58. The van der Waals surface area contributed by atoms with E-state index in [0.29, 0.717) is 34.9 Å². The van der Waals surface area contributed by atoms with Gasteiger partial charge in [-0.3, -0.25) is 0 Å². The van der Waals surface area contributed by atoms with Gasteiger partial charge in [0.05, 0.1) is 5.69 Å². The molecule has 0 aliphatic rings. The van der Waals surface area contributed by atoms with Crippen LogP contribution in [-0.4, -0.2) is 21.5 Å². The molecule has 0 aliphatic carbocycles. The van der Waals surface area contributed by atoms with Gasteiger partial charge in [-0.2, -0.15) is 0 Å². The van der Waals surface area contributed by atoms with E-state index in [1.54, 1.807) is 19.1 Å². The first-order chi connectivity index (χ1) is 9.79. The van der Waals surface area contributed by atoms with Crippen molar-refractivity contribution in [3.8, 4) is 0 Å². The molecule has 1 rings (SSSR count). The summed E-state index contributed by atoms with van der Waals surface area (Å²) in [6.07, 6.45) is 0. The molecule has 120 valence electrons. The molecule has 0 saturated heterocycles. The number of benzene rings is 1. The molecular formula is C16H28N2O2S. The largest absolute Gasteiger partial charge is 0.384 e. The van der Waals surface area contributed by atoms with Crippen LogP contribution in [0.4, 0.5) is 5.69 Å². The quantitative estimate of drug-likeness (QED) is 0.774. The van der Waals surface area contributed by atoms with Gasteiger partial charge in [0, 0.05) is 13.1 Å². The van der Waals surface area contributed by atoms with Crippen LogP contribution in [0.25, 0.3) is 0 Å². The van der Waals surface area contributed by atoms with Crippen molar-refractivity contribution in [1.82, 2.24) is 4.72 Å². The molecule has 0 atom stereocenters. The second kappa shape index (κ2) is 7.80. The van der Waals surface area contributed by atoms with Crippen LogP contribution in [0.1, 0.15) is 34.6 Å². The first kappa shape index (κ1) is 18.0. The molecule has 5 heteroatoms. The highest BCUT2D eigenvalue weighted by Gasteiger charge is 2.20. The SMILES string of the molecule is CCNS(=O)(=O)c1ccccc1NCC(C(C)C)C(C)C. The van der Waals surface area contributed by atoms with Crippen LogP contribution in [-0.2, 0) is 10.0 Å². The zero-order valence-electron chi connectivity index (χ0n) is 13.7. The summed E-state index contributed by atoms with van der Waals surface area (Å²) in [7, 11) is -3.44. The van der Waals surface area contributed by atoms with E-state index >= 15 is 0 Å². The van der Waals surface area contributed by atoms with Gasteiger partial charge in [0.25, 0.3) is 0 Å². The molecule has 1 aromatic carbocycles. The molecule has 21 heavy (non-hydrogen) atoms. The minimum Gasteiger partial charge on any atom is -0.384 e. The van der Waals surface area contributed by atoms with Crippen molar-refractivity contribution < 1.29 is 8.42 Å². The van der Waals surface area contributed by atoms with Gasteiger partial charge >= 0.3 is 0 Å². The van der Waals surface area contributed by atoms with Gasteiger partial charge < -0.3 is 5.32 Å². The van der Waals surface area contributed by atoms with Crippen molar-refractivity contribution >= 4 is 15.7 Å². The summed E-state index contributed by atoms with van der Waals surface area (Å²) in [6.45, 7) is 11.7. The van der Waals surface area contributed by atoms with Gasteiger partial charge in [0.2, 0.25) is 10.0 Å². The van der Waals surface area contributed by atoms with E-state index in [0.717, 1.165) is 6.54 Å². The number of hydrogen-bond acceptors (Lipinski definition) is 3. The lowest BCUT2D eigenvalue weighted by atomic mass is 9.85. The van der Waals surface area contributed by atoms with Crippen LogP contribution < -0.4 is 10.0 Å². The Labute approximate surface area is 129 Å². The first-order valence-electron chi connectivity index (χ1n) is 7.62. The number of rotatable bonds is 8. The monoisotopic (exact) mass is 312 g/mol. The van der Waals surface area contributed by atoms with E-state index < -0.39 is 10.0 Å². The fourth-order valence-corrected chi connectivity index (χ4v) is 3.81. The summed E-state index contributed by atoms with van der Waals surface area (Å²) in [5.74, 6) is 1.60. The molecule has 0 fully saturated rings. The third-order valence-corrected chi connectivity index (χ3v) is 5.36. The Balaban J connectivity index is 2.95. The predicted octanol–water partition coefficient (Wildman–Crippen LogP) is 3.32.